The van der Waals surface area contributed by atoms with Crippen molar-refractivity contribution in [1.29, 1.82) is 0 Å². The standard InChI is InChI=1S/C22H21Cl2N3O4/c1-14-2-5-20(31-14)18-13-19(27(25-18)15-3-4-16(23)17(24)12-15)21(28)26-8-6-22(7-9-26)29-10-11-30-22/h2-5,12-13H,6-11H2,1H3. The van der Waals surface area contributed by atoms with Gasteiger partial charge >= 0.3 is 0 Å². The van der Waals surface area contributed by atoms with Gasteiger partial charge in [-0.1, -0.05) is 23.2 Å². The molecule has 0 bridgehead atoms. The Bertz CT molecular complexity index is 1120. The van der Waals surface area contributed by atoms with Crippen LogP contribution in [0.15, 0.2) is 40.8 Å². The zero-order valence-corrected chi connectivity index (χ0v) is 18.4. The van der Waals surface area contributed by atoms with E-state index in [0.29, 0.717) is 72.0 Å². The number of likely N-dealkylation sites (tertiary alicyclic amines) is 1. The Balaban J connectivity index is 1.49. The SMILES string of the molecule is Cc1ccc(-c2cc(C(=O)N3CCC4(CC3)OCCO4)n(-c3ccc(Cl)c(Cl)c3)n2)o1. The van der Waals surface area contributed by atoms with Crippen LogP contribution in [0, 0.1) is 6.92 Å². The molecule has 2 aliphatic heterocycles. The van der Waals surface area contributed by atoms with Crippen LogP contribution in [0.5, 0.6) is 0 Å². The molecule has 0 unspecified atom stereocenters. The van der Waals surface area contributed by atoms with E-state index in [1.807, 2.05) is 19.1 Å². The number of carbonyl (C=O) groups is 1. The van der Waals surface area contributed by atoms with Gasteiger partial charge in [0.1, 0.15) is 17.1 Å². The van der Waals surface area contributed by atoms with E-state index in [-0.39, 0.29) is 5.91 Å². The number of aryl methyl sites for hydroxylation is 1. The van der Waals surface area contributed by atoms with Gasteiger partial charge in [0.05, 0.1) is 28.9 Å². The van der Waals surface area contributed by atoms with Crippen LogP contribution in [0.1, 0.15) is 29.1 Å². The van der Waals surface area contributed by atoms with E-state index in [1.54, 1.807) is 33.8 Å². The van der Waals surface area contributed by atoms with Crippen LogP contribution in [-0.2, 0) is 9.47 Å². The maximum absolute atomic E-state index is 13.5. The van der Waals surface area contributed by atoms with E-state index in [9.17, 15) is 4.79 Å². The number of benzene rings is 1. The van der Waals surface area contributed by atoms with Gasteiger partial charge < -0.3 is 18.8 Å². The van der Waals surface area contributed by atoms with Crippen LogP contribution >= 0.6 is 23.2 Å². The molecule has 0 aliphatic carbocycles. The number of ether oxygens (including phenoxy) is 2. The molecule has 1 aromatic carbocycles. The highest BCUT2D eigenvalue weighted by molar-refractivity contribution is 6.42. The fourth-order valence-electron chi connectivity index (χ4n) is 4.04. The Labute approximate surface area is 189 Å². The number of furan rings is 1. The summed E-state index contributed by atoms with van der Waals surface area (Å²) in [4.78, 5) is 15.3. The normalized spacial score (nSPS) is 18.1. The molecular weight excluding hydrogens is 441 g/mol. The van der Waals surface area contributed by atoms with Gasteiger partial charge in [-0.2, -0.15) is 5.10 Å². The van der Waals surface area contributed by atoms with Crippen molar-refractivity contribution in [1.82, 2.24) is 14.7 Å². The van der Waals surface area contributed by atoms with Gasteiger partial charge in [-0.25, -0.2) is 4.68 Å². The predicted molar refractivity (Wildman–Crippen MR) is 116 cm³/mol. The summed E-state index contributed by atoms with van der Waals surface area (Å²) in [5, 5.41) is 5.47. The highest BCUT2D eigenvalue weighted by atomic mass is 35.5. The molecule has 7 nitrogen and oxygen atoms in total. The van der Waals surface area contributed by atoms with Crippen LogP contribution in [0.2, 0.25) is 10.0 Å². The van der Waals surface area contributed by atoms with E-state index in [4.69, 9.17) is 37.1 Å². The van der Waals surface area contributed by atoms with E-state index in [1.165, 1.54) is 0 Å². The molecule has 0 atom stereocenters. The first-order chi connectivity index (χ1) is 14.9. The monoisotopic (exact) mass is 461 g/mol. The molecule has 4 heterocycles. The van der Waals surface area contributed by atoms with Gasteiger partial charge in [0.15, 0.2) is 11.5 Å². The first kappa shape index (κ1) is 20.6. The summed E-state index contributed by atoms with van der Waals surface area (Å²) in [5.74, 6) is 0.693. The van der Waals surface area contributed by atoms with Crippen molar-refractivity contribution < 1.29 is 18.7 Å². The second-order valence-electron chi connectivity index (χ2n) is 7.74. The lowest BCUT2D eigenvalue weighted by Crippen LogP contribution is -2.47. The van der Waals surface area contributed by atoms with Crippen molar-refractivity contribution in [2.45, 2.75) is 25.6 Å². The number of halogens is 2. The third-order valence-corrected chi connectivity index (χ3v) is 6.43. The minimum atomic E-state index is -0.544. The Morgan fingerprint density at radius 1 is 1.03 bits per heavy atom. The molecule has 162 valence electrons. The summed E-state index contributed by atoms with van der Waals surface area (Å²) in [6.45, 7) is 4.15. The summed E-state index contributed by atoms with van der Waals surface area (Å²) >= 11 is 12.3. The molecule has 2 saturated heterocycles. The summed E-state index contributed by atoms with van der Waals surface area (Å²) in [6, 6.07) is 10.6. The number of rotatable bonds is 3. The summed E-state index contributed by atoms with van der Waals surface area (Å²) in [7, 11) is 0. The summed E-state index contributed by atoms with van der Waals surface area (Å²) in [5.41, 5.74) is 1.63. The average molecular weight is 462 g/mol. The maximum atomic E-state index is 13.5. The van der Waals surface area contributed by atoms with Crippen molar-refractivity contribution in [3.8, 4) is 17.1 Å². The second-order valence-corrected chi connectivity index (χ2v) is 8.55. The molecule has 31 heavy (non-hydrogen) atoms. The van der Waals surface area contributed by atoms with Gasteiger partial charge in [0.25, 0.3) is 5.91 Å². The van der Waals surface area contributed by atoms with Crippen LogP contribution in [0.3, 0.4) is 0 Å². The lowest BCUT2D eigenvalue weighted by atomic mass is 10.0. The topological polar surface area (TPSA) is 69.7 Å². The maximum Gasteiger partial charge on any atom is 0.272 e. The van der Waals surface area contributed by atoms with Gasteiger partial charge in [-0.05, 0) is 37.3 Å². The Kier molecular flexibility index (Phi) is 5.30. The molecular formula is C22H21Cl2N3O4. The van der Waals surface area contributed by atoms with Crippen molar-refractivity contribution in [2.24, 2.45) is 0 Å². The van der Waals surface area contributed by atoms with E-state index in [0.717, 1.165) is 5.76 Å². The lowest BCUT2D eigenvalue weighted by molar-refractivity contribution is -0.181. The number of hydrogen-bond acceptors (Lipinski definition) is 5. The van der Waals surface area contributed by atoms with E-state index in [2.05, 4.69) is 5.10 Å². The van der Waals surface area contributed by atoms with Crippen molar-refractivity contribution >= 4 is 29.1 Å². The van der Waals surface area contributed by atoms with Crippen LogP contribution in [-0.4, -0.2) is 52.7 Å². The molecule has 3 aromatic rings. The number of hydrogen-bond donors (Lipinski definition) is 0. The number of nitrogens with zero attached hydrogens (tertiary/aromatic N) is 3. The predicted octanol–water partition coefficient (Wildman–Crippen LogP) is 4.73. The summed E-state index contributed by atoms with van der Waals surface area (Å²) in [6.07, 6.45) is 1.29. The first-order valence-corrected chi connectivity index (χ1v) is 10.9. The molecule has 0 saturated carbocycles. The minimum absolute atomic E-state index is 0.124. The fraction of sp³-hybridized carbons (Fsp3) is 0.364. The van der Waals surface area contributed by atoms with Crippen molar-refractivity contribution in [3.05, 3.63) is 57.9 Å². The van der Waals surface area contributed by atoms with Gasteiger partial charge in [-0.15, -0.1) is 0 Å². The van der Waals surface area contributed by atoms with Gasteiger partial charge in [-0.3, -0.25) is 4.79 Å². The smallest absolute Gasteiger partial charge is 0.272 e. The fourth-order valence-corrected chi connectivity index (χ4v) is 4.33. The lowest BCUT2D eigenvalue weighted by Gasteiger charge is -2.37. The molecule has 5 rings (SSSR count). The Morgan fingerprint density at radius 3 is 2.42 bits per heavy atom. The molecule has 0 N–H and O–H groups in total. The van der Waals surface area contributed by atoms with Crippen LogP contribution < -0.4 is 0 Å². The Morgan fingerprint density at radius 2 is 1.77 bits per heavy atom. The second kappa shape index (κ2) is 7.98. The first-order valence-electron chi connectivity index (χ1n) is 10.1. The molecule has 9 heteroatoms. The Hall–Kier alpha value is -2.32. The molecule has 2 fully saturated rings. The highest BCUT2D eigenvalue weighted by Gasteiger charge is 2.41. The largest absolute Gasteiger partial charge is 0.460 e. The number of piperidine rings is 1. The molecule has 2 aromatic heterocycles. The highest BCUT2D eigenvalue weighted by Crippen LogP contribution is 2.33. The van der Waals surface area contributed by atoms with Crippen molar-refractivity contribution in [2.75, 3.05) is 26.3 Å². The molecule has 0 radical (unpaired) electrons. The third kappa shape index (κ3) is 3.87. The third-order valence-electron chi connectivity index (χ3n) is 5.70. The number of amides is 1. The zero-order chi connectivity index (χ0) is 21.6. The zero-order valence-electron chi connectivity index (χ0n) is 16.9. The van der Waals surface area contributed by atoms with Gasteiger partial charge in [0.2, 0.25) is 0 Å². The number of aromatic nitrogens is 2. The molecule has 1 amide bonds. The molecule has 2 aliphatic rings. The quantitative estimate of drug-likeness (QED) is 0.563. The van der Waals surface area contributed by atoms with Crippen molar-refractivity contribution in [3.63, 3.8) is 0 Å². The van der Waals surface area contributed by atoms with E-state index < -0.39 is 5.79 Å². The van der Waals surface area contributed by atoms with E-state index >= 15 is 0 Å². The van der Waals surface area contributed by atoms with Crippen LogP contribution in [0.4, 0.5) is 0 Å². The van der Waals surface area contributed by atoms with Crippen LogP contribution in [0.25, 0.3) is 17.1 Å². The summed E-state index contributed by atoms with van der Waals surface area (Å²) < 4.78 is 18.9. The average Bonchev–Trinajstić information content (AvgIpc) is 3.50. The van der Waals surface area contributed by atoms with Gasteiger partial charge in [0, 0.05) is 32.0 Å². The molecule has 1 spiro atoms. The minimum Gasteiger partial charge on any atom is -0.460 e. The number of carbonyl (C=O) groups excluding carboxylic acids is 1.